The van der Waals surface area contributed by atoms with E-state index in [2.05, 4.69) is 10.6 Å². The lowest BCUT2D eigenvalue weighted by Gasteiger charge is -2.16. The third-order valence-corrected chi connectivity index (χ3v) is 5.35. The molecular weight excluding hydrogens is 318 g/mol. The van der Waals surface area contributed by atoms with Gasteiger partial charge in [0.15, 0.2) is 9.84 Å². The number of hydrogen-bond donors (Lipinski definition) is 3. The summed E-state index contributed by atoms with van der Waals surface area (Å²) in [6.07, 6.45) is 0.728. The molecule has 8 heteroatoms. The second kappa shape index (κ2) is 8.16. The fraction of sp³-hybridized carbons (Fsp3) is 0.533. The predicted octanol–water partition coefficient (Wildman–Crippen LogP) is 0.998. The fourth-order valence-corrected chi connectivity index (χ4v) is 3.08. The molecule has 0 unspecified atom stereocenters. The van der Waals surface area contributed by atoms with E-state index in [0.29, 0.717) is 18.0 Å². The lowest BCUT2D eigenvalue weighted by atomic mass is 10.1. The van der Waals surface area contributed by atoms with Crippen LogP contribution in [0.25, 0.3) is 0 Å². The number of nitrogens with one attached hydrogen (secondary N) is 2. The van der Waals surface area contributed by atoms with Crippen LogP contribution in [0.1, 0.15) is 30.6 Å². The van der Waals surface area contributed by atoms with Gasteiger partial charge >= 0.3 is 0 Å². The zero-order chi connectivity index (χ0) is 17.6. The molecule has 0 aliphatic carbocycles. The van der Waals surface area contributed by atoms with Crippen molar-refractivity contribution in [2.75, 3.05) is 31.8 Å². The summed E-state index contributed by atoms with van der Waals surface area (Å²) in [6, 6.07) is 2.70. The van der Waals surface area contributed by atoms with Gasteiger partial charge in [-0.05, 0) is 12.5 Å². The zero-order valence-corrected chi connectivity index (χ0v) is 14.8. The SMILES string of the molecule is CC[C@@H](N)CNC(=O)c1cc(S(=O)(=O)CC)c(NC)cc1OC. The Bertz CT molecular complexity index is 659. The number of rotatable bonds is 8. The number of anilines is 1. The Morgan fingerprint density at radius 3 is 2.48 bits per heavy atom. The molecule has 7 nitrogen and oxygen atoms in total. The molecule has 130 valence electrons. The summed E-state index contributed by atoms with van der Waals surface area (Å²) in [7, 11) is -0.438. The van der Waals surface area contributed by atoms with Crippen LogP contribution < -0.4 is 21.1 Å². The molecule has 0 saturated heterocycles. The van der Waals surface area contributed by atoms with E-state index < -0.39 is 15.7 Å². The van der Waals surface area contributed by atoms with E-state index in [-0.39, 0.29) is 22.3 Å². The van der Waals surface area contributed by atoms with Crippen LogP contribution in [-0.4, -0.2) is 46.8 Å². The van der Waals surface area contributed by atoms with E-state index in [0.717, 1.165) is 6.42 Å². The topological polar surface area (TPSA) is 111 Å². The number of ether oxygens (including phenoxy) is 1. The Labute approximate surface area is 137 Å². The van der Waals surface area contributed by atoms with Crippen molar-refractivity contribution in [3.63, 3.8) is 0 Å². The van der Waals surface area contributed by atoms with Gasteiger partial charge in [0.05, 0.1) is 29.0 Å². The van der Waals surface area contributed by atoms with Gasteiger partial charge < -0.3 is 21.1 Å². The molecule has 0 heterocycles. The molecule has 0 spiro atoms. The van der Waals surface area contributed by atoms with E-state index in [9.17, 15) is 13.2 Å². The molecule has 1 amide bonds. The monoisotopic (exact) mass is 343 g/mol. The molecular formula is C15H25N3O4S. The average molecular weight is 343 g/mol. The number of sulfone groups is 1. The number of benzene rings is 1. The second-order valence-corrected chi connectivity index (χ2v) is 7.33. The quantitative estimate of drug-likeness (QED) is 0.649. The van der Waals surface area contributed by atoms with Crippen LogP contribution in [-0.2, 0) is 9.84 Å². The van der Waals surface area contributed by atoms with Crippen LogP contribution in [0.4, 0.5) is 5.69 Å². The first-order chi connectivity index (χ1) is 10.8. The Kier molecular flexibility index (Phi) is 6.83. The molecule has 1 aromatic carbocycles. The predicted molar refractivity (Wildman–Crippen MR) is 90.9 cm³/mol. The molecule has 0 saturated carbocycles. The minimum Gasteiger partial charge on any atom is -0.496 e. The first kappa shape index (κ1) is 19.2. The first-order valence-corrected chi connectivity index (χ1v) is 9.12. The highest BCUT2D eigenvalue weighted by molar-refractivity contribution is 7.91. The van der Waals surface area contributed by atoms with Gasteiger partial charge in [-0.25, -0.2) is 8.42 Å². The van der Waals surface area contributed by atoms with Gasteiger partial charge in [0.2, 0.25) is 0 Å². The van der Waals surface area contributed by atoms with Crippen LogP contribution in [0, 0.1) is 0 Å². The zero-order valence-electron chi connectivity index (χ0n) is 14.0. The fourth-order valence-electron chi connectivity index (χ4n) is 1.98. The van der Waals surface area contributed by atoms with Crippen LogP contribution in [0.3, 0.4) is 0 Å². The number of amides is 1. The van der Waals surface area contributed by atoms with E-state index in [1.165, 1.54) is 19.2 Å². The lowest BCUT2D eigenvalue weighted by Crippen LogP contribution is -2.36. The molecule has 0 fully saturated rings. The number of hydrogen-bond acceptors (Lipinski definition) is 6. The summed E-state index contributed by atoms with van der Waals surface area (Å²) in [5.74, 6) is -0.177. The van der Waals surface area contributed by atoms with Crippen LogP contribution in [0.2, 0.25) is 0 Å². The molecule has 0 aliphatic rings. The third-order valence-electron chi connectivity index (χ3n) is 3.58. The summed E-state index contributed by atoms with van der Waals surface area (Å²) in [5, 5.41) is 5.52. The van der Waals surface area contributed by atoms with E-state index in [1.54, 1.807) is 14.0 Å². The molecule has 0 bridgehead atoms. The van der Waals surface area contributed by atoms with Crippen LogP contribution in [0.5, 0.6) is 5.75 Å². The van der Waals surface area contributed by atoms with Crippen molar-refractivity contribution >= 4 is 21.4 Å². The summed E-state index contributed by atoms with van der Waals surface area (Å²) in [4.78, 5) is 12.4. The minimum absolute atomic E-state index is 0.0597. The molecule has 23 heavy (non-hydrogen) atoms. The maximum absolute atomic E-state index is 12.4. The largest absolute Gasteiger partial charge is 0.496 e. The normalized spacial score (nSPS) is 12.6. The highest BCUT2D eigenvalue weighted by atomic mass is 32.2. The summed E-state index contributed by atoms with van der Waals surface area (Å²) in [5.41, 5.74) is 6.35. The van der Waals surface area contributed by atoms with Crippen molar-refractivity contribution in [2.45, 2.75) is 31.2 Å². The Balaban J connectivity index is 3.30. The standard InChI is InChI=1S/C15H25N3O4S/c1-5-10(16)9-18-15(19)11-7-14(23(20,21)6-2)12(17-3)8-13(11)22-4/h7-8,10,17H,5-6,9,16H2,1-4H3,(H,18,19)/t10-/m1/s1. The van der Waals surface area contributed by atoms with Crippen molar-refractivity contribution in [2.24, 2.45) is 5.73 Å². The smallest absolute Gasteiger partial charge is 0.255 e. The van der Waals surface area contributed by atoms with Gasteiger partial charge in [-0.3, -0.25) is 4.79 Å². The van der Waals surface area contributed by atoms with Crippen molar-refractivity contribution in [1.29, 1.82) is 0 Å². The molecule has 0 aliphatic heterocycles. The van der Waals surface area contributed by atoms with Crippen molar-refractivity contribution in [3.8, 4) is 5.75 Å². The van der Waals surface area contributed by atoms with E-state index in [1.807, 2.05) is 6.92 Å². The maximum Gasteiger partial charge on any atom is 0.255 e. The molecule has 1 rings (SSSR count). The summed E-state index contributed by atoms with van der Waals surface area (Å²) >= 11 is 0. The molecule has 4 N–H and O–H groups in total. The number of methoxy groups -OCH3 is 1. The Hall–Kier alpha value is -1.80. The lowest BCUT2D eigenvalue weighted by molar-refractivity contribution is 0.0947. The number of nitrogens with two attached hydrogens (primary N) is 1. The number of carbonyl (C=O) groups is 1. The minimum atomic E-state index is -3.48. The van der Waals surface area contributed by atoms with Gasteiger partial charge in [-0.15, -0.1) is 0 Å². The van der Waals surface area contributed by atoms with Crippen LogP contribution >= 0.6 is 0 Å². The van der Waals surface area contributed by atoms with Gasteiger partial charge in [0.25, 0.3) is 5.91 Å². The van der Waals surface area contributed by atoms with Crippen molar-refractivity contribution in [1.82, 2.24) is 5.32 Å². The molecule has 1 aromatic rings. The Morgan fingerprint density at radius 2 is 2.00 bits per heavy atom. The first-order valence-electron chi connectivity index (χ1n) is 7.46. The third kappa shape index (κ3) is 4.59. The van der Waals surface area contributed by atoms with E-state index in [4.69, 9.17) is 10.5 Å². The van der Waals surface area contributed by atoms with Crippen LogP contribution in [0.15, 0.2) is 17.0 Å². The second-order valence-electron chi connectivity index (χ2n) is 5.08. The van der Waals surface area contributed by atoms with Gasteiger partial charge in [0, 0.05) is 25.7 Å². The summed E-state index contributed by atoms with van der Waals surface area (Å²) < 4.78 is 29.7. The van der Waals surface area contributed by atoms with Gasteiger partial charge in [-0.2, -0.15) is 0 Å². The molecule has 1 atom stereocenters. The van der Waals surface area contributed by atoms with E-state index >= 15 is 0 Å². The van der Waals surface area contributed by atoms with Crippen molar-refractivity contribution < 1.29 is 17.9 Å². The molecule has 0 aromatic heterocycles. The van der Waals surface area contributed by atoms with Gasteiger partial charge in [0.1, 0.15) is 5.75 Å². The highest BCUT2D eigenvalue weighted by Crippen LogP contribution is 2.31. The maximum atomic E-state index is 12.4. The van der Waals surface area contributed by atoms with Crippen molar-refractivity contribution in [3.05, 3.63) is 17.7 Å². The summed E-state index contributed by atoms with van der Waals surface area (Å²) in [6.45, 7) is 3.78. The molecule has 0 radical (unpaired) electrons. The number of carbonyl (C=O) groups excluding carboxylic acids is 1. The highest BCUT2D eigenvalue weighted by Gasteiger charge is 2.22. The van der Waals surface area contributed by atoms with Gasteiger partial charge in [-0.1, -0.05) is 13.8 Å². The average Bonchev–Trinajstić information content (AvgIpc) is 2.57. The Morgan fingerprint density at radius 1 is 1.35 bits per heavy atom.